The molecule has 0 aliphatic carbocycles. The second-order valence-electron chi connectivity index (χ2n) is 3.54. The number of likely N-dealkylation sites (N-methyl/N-ethyl adjacent to an activating group) is 1. The van der Waals surface area contributed by atoms with Gasteiger partial charge in [0.2, 0.25) is 5.91 Å². The molecule has 0 spiro atoms. The molecule has 68 valence electrons. The standard InChI is InChI=1S/C8H14N2OS/c1-6(2)4-10-7(11)5-9(3)8(10)12/h6H,4-5H2,1-3H3. The molecule has 0 saturated carbocycles. The summed E-state index contributed by atoms with van der Waals surface area (Å²) >= 11 is 5.09. The van der Waals surface area contributed by atoms with Crippen LogP contribution in [-0.2, 0) is 4.79 Å². The zero-order valence-electron chi connectivity index (χ0n) is 7.70. The average molecular weight is 186 g/mol. The van der Waals surface area contributed by atoms with Crippen LogP contribution < -0.4 is 0 Å². The lowest BCUT2D eigenvalue weighted by Crippen LogP contribution is -2.34. The van der Waals surface area contributed by atoms with Gasteiger partial charge < -0.3 is 4.90 Å². The maximum atomic E-state index is 11.3. The zero-order valence-corrected chi connectivity index (χ0v) is 8.52. The zero-order chi connectivity index (χ0) is 9.30. The van der Waals surface area contributed by atoms with Gasteiger partial charge in [0.15, 0.2) is 5.11 Å². The van der Waals surface area contributed by atoms with Crippen LogP contribution in [0.25, 0.3) is 0 Å². The van der Waals surface area contributed by atoms with E-state index in [0.29, 0.717) is 17.6 Å². The average Bonchev–Trinajstić information content (AvgIpc) is 2.16. The molecule has 1 fully saturated rings. The van der Waals surface area contributed by atoms with Gasteiger partial charge in [-0.3, -0.25) is 9.69 Å². The fraction of sp³-hybridized carbons (Fsp3) is 0.750. The van der Waals surface area contributed by atoms with Crippen LogP contribution in [0.4, 0.5) is 0 Å². The summed E-state index contributed by atoms with van der Waals surface area (Å²) < 4.78 is 0. The molecule has 1 rings (SSSR count). The summed E-state index contributed by atoms with van der Waals surface area (Å²) in [6.45, 7) is 5.33. The van der Waals surface area contributed by atoms with E-state index in [1.54, 1.807) is 9.80 Å². The van der Waals surface area contributed by atoms with Gasteiger partial charge in [-0.2, -0.15) is 0 Å². The molecule has 0 N–H and O–H groups in total. The smallest absolute Gasteiger partial charge is 0.248 e. The van der Waals surface area contributed by atoms with Crippen LogP contribution in [0.3, 0.4) is 0 Å². The fourth-order valence-corrected chi connectivity index (χ4v) is 1.45. The Morgan fingerprint density at radius 2 is 2.17 bits per heavy atom. The quantitative estimate of drug-likeness (QED) is 0.593. The molecule has 1 saturated heterocycles. The Morgan fingerprint density at radius 1 is 1.58 bits per heavy atom. The van der Waals surface area contributed by atoms with Crippen molar-refractivity contribution in [2.24, 2.45) is 5.92 Å². The molecule has 1 aliphatic rings. The monoisotopic (exact) mass is 186 g/mol. The lowest BCUT2D eigenvalue weighted by atomic mass is 10.2. The fourth-order valence-electron chi connectivity index (χ4n) is 1.21. The van der Waals surface area contributed by atoms with Crippen molar-refractivity contribution in [1.29, 1.82) is 0 Å². The van der Waals surface area contributed by atoms with Gasteiger partial charge in [-0.15, -0.1) is 0 Å². The maximum absolute atomic E-state index is 11.3. The third-order valence-electron chi connectivity index (χ3n) is 1.78. The number of hydrogen-bond acceptors (Lipinski definition) is 2. The molecule has 0 atom stereocenters. The summed E-state index contributed by atoms with van der Waals surface area (Å²) in [6.07, 6.45) is 0. The van der Waals surface area contributed by atoms with E-state index in [1.807, 2.05) is 7.05 Å². The number of carbonyl (C=O) groups is 1. The highest BCUT2D eigenvalue weighted by atomic mass is 32.1. The molecular formula is C8H14N2OS. The normalized spacial score (nSPS) is 18.3. The number of hydrogen-bond donors (Lipinski definition) is 0. The first kappa shape index (κ1) is 9.45. The Hall–Kier alpha value is -0.640. The van der Waals surface area contributed by atoms with E-state index in [4.69, 9.17) is 12.2 Å². The topological polar surface area (TPSA) is 23.6 Å². The molecule has 1 amide bonds. The molecule has 1 heterocycles. The lowest BCUT2D eigenvalue weighted by Gasteiger charge is -2.18. The van der Waals surface area contributed by atoms with Gasteiger partial charge in [0, 0.05) is 13.6 Å². The highest BCUT2D eigenvalue weighted by Crippen LogP contribution is 2.10. The lowest BCUT2D eigenvalue weighted by molar-refractivity contribution is -0.125. The minimum Gasteiger partial charge on any atom is -0.343 e. The number of nitrogens with zero attached hydrogens (tertiary/aromatic N) is 2. The Balaban J connectivity index is 2.64. The van der Waals surface area contributed by atoms with Gasteiger partial charge in [0.25, 0.3) is 0 Å². The minimum atomic E-state index is 0.121. The Labute approximate surface area is 78.3 Å². The van der Waals surface area contributed by atoms with E-state index in [1.165, 1.54) is 0 Å². The molecule has 12 heavy (non-hydrogen) atoms. The predicted molar refractivity (Wildman–Crippen MR) is 51.8 cm³/mol. The van der Waals surface area contributed by atoms with Crippen molar-refractivity contribution in [3.05, 3.63) is 0 Å². The Bertz CT molecular complexity index is 215. The SMILES string of the molecule is CC(C)CN1C(=O)CN(C)C1=S. The number of thiocarbonyl (C=S) groups is 1. The first-order valence-corrected chi connectivity index (χ1v) is 4.48. The molecule has 4 heteroatoms. The van der Waals surface area contributed by atoms with Crippen LogP contribution in [0.2, 0.25) is 0 Å². The Kier molecular flexibility index (Phi) is 2.67. The molecule has 0 unspecified atom stereocenters. The van der Waals surface area contributed by atoms with E-state index in [2.05, 4.69) is 13.8 Å². The van der Waals surface area contributed by atoms with Crippen molar-refractivity contribution in [3.8, 4) is 0 Å². The molecule has 0 aromatic carbocycles. The van der Waals surface area contributed by atoms with Crippen LogP contribution in [0.1, 0.15) is 13.8 Å². The number of rotatable bonds is 2. The van der Waals surface area contributed by atoms with Crippen LogP contribution in [0.15, 0.2) is 0 Å². The first-order valence-electron chi connectivity index (χ1n) is 4.08. The molecule has 1 aliphatic heterocycles. The highest BCUT2D eigenvalue weighted by molar-refractivity contribution is 7.80. The van der Waals surface area contributed by atoms with Gasteiger partial charge in [0.05, 0.1) is 6.54 Å². The summed E-state index contributed by atoms with van der Waals surface area (Å²) in [5.41, 5.74) is 0. The molecule has 0 aromatic rings. The van der Waals surface area contributed by atoms with E-state index < -0.39 is 0 Å². The van der Waals surface area contributed by atoms with Gasteiger partial charge in [-0.1, -0.05) is 13.8 Å². The Morgan fingerprint density at radius 3 is 2.50 bits per heavy atom. The van der Waals surface area contributed by atoms with Crippen LogP contribution in [-0.4, -0.2) is 41.0 Å². The molecular weight excluding hydrogens is 172 g/mol. The molecule has 0 radical (unpaired) electrons. The van der Waals surface area contributed by atoms with Crippen molar-refractivity contribution in [1.82, 2.24) is 9.80 Å². The third kappa shape index (κ3) is 1.75. The third-order valence-corrected chi connectivity index (χ3v) is 2.31. The van der Waals surface area contributed by atoms with E-state index in [0.717, 1.165) is 6.54 Å². The van der Waals surface area contributed by atoms with Crippen LogP contribution in [0, 0.1) is 5.92 Å². The van der Waals surface area contributed by atoms with E-state index in [-0.39, 0.29) is 5.91 Å². The van der Waals surface area contributed by atoms with E-state index in [9.17, 15) is 4.79 Å². The highest BCUT2D eigenvalue weighted by Gasteiger charge is 2.29. The van der Waals surface area contributed by atoms with Crippen LogP contribution in [0.5, 0.6) is 0 Å². The largest absolute Gasteiger partial charge is 0.343 e. The molecule has 3 nitrogen and oxygen atoms in total. The van der Waals surface area contributed by atoms with Crippen molar-refractivity contribution in [2.45, 2.75) is 13.8 Å². The summed E-state index contributed by atoms with van der Waals surface area (Å²) in [4.78, 5) is 14.8. The first-order chi connectivity index (χ1) is 5.52. The summed E-state index contributed by atoms with van der Waals surface area (Å²) in [5, 5.41) is 0.661. The number of amides is 1. The second kappa shape index (κ2) is 3.39. The minimum absolute atomic E-state index is 0.121. The van der Waals surface area contributed by atoms with E-state index >= 15 is 0 Å². The molecule has 0 aromatic heterocycles. The number of carbonyl (C=O) groups excluding carboxylic acids is 1. The van der Waals surface area contributed by atoms with Crippen molar-refractivity contribution >= 4 is 23.2 Å². The molecule has 0 bridgehead atoms. The van der Waals surface area contributed by atoms with Gasteiger partial charge in [-0.05, 0) is 18.1 Å². The second-order valence-corrected chi connectivity index (χ2v) is 3.90. The maximum Gasteiger partial charge on any atom is 0.248 e. The summed E-state index contributed by atoms with van der Waals surface area (Å²) in [7, 11) is 1.85. The summed E-state index contributed by atoms with van der Waals surface area (Å²) in [5.74, 6) is 0.592. The van der Waals surface area contributed by atoms with Gasteiger partial charge in [-0.25, -0.2) is 0 Å². The van der Waals surface area contributed by atoms with Gasteiger partial charge >= 0.3 is 0 Å². The predicted octanol–water partition coefficient (Wildman–Crippen LogP) is 0.701. The van der Waals surface area contributed by atoms with Crippen LogP contribution >= 0.6 is 12.2 Å². The van der Waals surface area contributed by atoms with Crippen molar-refractivity contribution in [3.63, 3.8) is 0 Å². The van der Waals surface area contributed by atoms with Crippen molar-refractivity contribution in [2.75, 3.05) is 20.1 Å². The van der Waals surface area contributed by atoms with Crippen molar-refractivity contribution < 1.29 is 4.79 Å². The van der Waals surface area contributed by atoms with Gasteiger partial charge in [0.1, 0.15) is 0 Å². The summed E-state index contributed by atoms with van der Waals surface area (Å²) in [6, 6.07) is 0.